The van der Waals surface area contributed by atoms with Gasteiger partial charge in [0.15, 0.2) is 11.5 Å². The van der Waals surface area contributed by atoms with Crippen LogP contribution < -0.4 is 9.47 Å². The van der Waals surface area contributed by atoms with E-state index in [1.54, 1.807) is 5.06 Å². The van der Waals surface area contributed by atoms with Crippen molar-refractivity contribution in [3.63, 3.8) is 0 Å². The predicted molar refractivity (Wildman–Crippen MR) is 127 cm³/mol. The van der Waals surface area contributed by atoms with E-state index in [4.69, 9.17) is 14.3 Å². The molecule has 0 radical (unpaired) electrons. The molecule has 6 heteroatoms. The first-order valence-electron chi connectivity index (χ1n) is 12.1. The number of hydrogen-bond acceptors (Lipinski definition) is 5. The van der Waals surface area contributed by atoms with Gasteiger partial charge in [0, 0.05) is 19.1 Å². The van der Waals surface area contributed by atoms with Crippen LogP contribution in [-0.4, -0.2) is 54.9 Å². The van der Waals surface area contributed by atoms with Crippen LogP contribution in [0.1, 0.15) is 71.8 Å². The van der Waals surface area contributed by atoms with E-state index >= 15 is 0 Å². The number of carbonyl (C=O) groups excluding carboxylic acids is 1. The smallest absolute Gasteiger partial charge is 0.260 e. The zero-order chi connectivity index (χ0) is 23.1. The van der Waals surface area contributed by atoms with Crippen molar-refractivity contribution in [1.82, 2.24) is 9.96 Å². The van der Waals surface area contributed by atoms with Crippen molar-refractivity contribution in [3.8, 4) is 11.5 Å². The van der Waals surface area contributed by atoms with Crippen LogP contribution in [0.4, 0.5) is 0 Å². The topological polar surface area (TPSA) is 51.2 Å². The molecule has 0 N–H and O–H groups in total. The Kier molecular flexibility index (Phi) is 8.60. The molecule has 3 rings (SSSR count). The van der Waals surface area contributed by atoms with Crippen LogP contribution in [0.5, 0.6) is 11.5 Å². The number of rotatable bonds is 11. The van der Waals surface area contributed by atoms with Gasteiger partial charge in [0.1, 0.15) is 0 Å². The monoisotopic (exact) mass is 444 g/mol. The molecule has 2 aliphatic heterocycles. The van der Waals surface area contributed by atoms with Crippen molar-refractivity contribution in [2.24, 2.45) is 5.41 Å². The van der Waals surface area contributed by atoms with Gasteiger partial charge in [0.2, 0.25) is 6.79 Å². The zero-order valence-corrected chi connectivity index (χ0v) is 20.4. The maximum atomic E-state index is 13.1. The molecule has 1 saturated heterocycles. The van der Waals surface area contributed by atoms with Crippen LogP contribution in [0.15, 0.2) is 30.4 Å². The van der Waals surface area contributed by atoms with Gasteiger partial charge in [-0.3, -0.25) is 14.5 Å². The molecule has 0 aliphatic carbocycles. The summed E-state index contributed by atoms with van der Waals surface area (Å²) < 4.78 is 11.1. The first-order chi connectivity index (χ1) is 15.4. The molecule has 0 aromatic heterocycles. The number of allylic oxidation sites excluding steroid dienone is 2. The summed E-state index contributed by atoms with van der Waals surface area (Å²) in [5.74, 6) is 2.05. The Morgan fingerprint density at radius 3 is 2.75 bits per heavy atom. The molecule has 0 spiro atoms. The second-order valence-electron chi connectivity index (χ2n) is 9.65. The molecule has 0 saturated carbocycles. The Bertz CT molecular complexity index is 792. The summed E-state index contributed by atoms with van der Waals surface area (Å²) in [5.41, 5.74) is 1.33. The fraction of sp³-hybridized carbons (Fsp3) is 0.654. The van der Waals surface area contributed by atoms with Crippen LogP contribution in [0.2, 0.25) is 0 Å². The first-order valence-corrected chi connectivity index (χ1v) is 12.1. The fourth-order valence-corrected chi connectivity index (χ4v) is 4.84. The average molecular weight is 445 g/mol. The van der Waals surface area contributed by atoms with Crippen molar-refractivity contribution in [1.29, 1.82) is 0 Å². The zero-order valence-electron chi connectivity index (χ0n) is 20.4. The maximum absolute atomic E-state index is 13.1. The predicted octanol–water partition coefficient (Wildman–Crippen LogP) is 5.15. The highest BCUT2D eigenvalue weighted by Gasteiger charge is 2.37. The van der Waals surface area contributed by atoms with Crippen LogP contribution in [0.3, 0.4) is 0 Å². The molecule has 2 atom stereocenters. The summed E-state index contributed by atoms with van der Waals surface area (Å²) in [6, 6.07) is 6.59. The number of ether oxygens (including phenoxy) is 2. The van der Waals surface area contributed by atoms with Gasteiger partial charge in [-0.2, -0.15) is 0 Å². The van der Waals surface area contributed by atoms with Gasteiger partial charge in [0.05, 0.1) is 13.2 Å². The molecule has 1 aromatic carbocycles. The van der Waals surface area contributed by atoms with Crippen molar-refractivity contribution < 1.29 is 19.1 Å². The molecule has 1 fully saturated rings. The van der Waals surface area contributed by atoms with E-state index in [1.807, 2.05) is 6.07 Å². The Morgan fingerprint density at radius 1 is 1.25 bits per heavy atom. The largest absolute Gasteiger partial charge is 0.454 e. The number of hydrogen-bond donors (Lipinski definition) is 0. The van der Waals surface area contributed by atoms with Crippen LogP contribution in [0, 0.1) is 5.41 Å². The van der Waals surface area contributed by atoms with Gasteiger partial charge in [-0.15, -0.1) is 0 Å². The Morgan fingerprint density at radius 2 is 2.03 bits per heavy atom. The van der Waals surface area contributed by atoms with E-state index in [0.29, 0.717) is 31.7 Å². The van der Waals surface area contributed by atoms with Gasteiger partial charge in [-0.05, 0) is 61.6 Å². The van der Waals surface area contributed by atoms with Crippen molar-refractivity contribution >= 4 is 5.91 Å². The second-order valence-corrected chi connectivity index (χ2v) is 9.65. The third-order valence-electron chi connectivity index (χ3n) is 6.27. The molecule has 2 heterocycles. The molecule has 0 bridgehead atoms. The number of nitrogens with zero attached hydrogens (tertiary/aromatic N) is 2. The Balaban J connectivity index is 1.76. The molecule has 1 amide bonds. The van der Waals surface area contributed by atoms with Gasteiger partial charge >= 0.3 is 0 Å². The lowest BCUT2D eigenvalue weighted by Crippen LogP contribution is -2.43. The number of amides is 1. The maximum Gasteiger partial charge on any atom is 0.260 e. The lowest BCUT2D eigenvalue weighted by atomic mass is 9.83. The van der Waals surface area contributed by atoms with Crippen molar-refractivity contribution in [3.05, 3.63) is 35.9 Å². The number of likely N-dealkylation sites (tertiary alicyclic amines) is 1. The molecule has 178 valence electrons. The first kappa shape index (κ1) is 24.6. The molecule has 0 unspecified atom stereocenters. The van der Waals surface area contributed by atoms with Crippen LogP contribution in [0.25, 0.3) is 0 Å². The minimum absolute atomic E-state index is 0.0560. The standard InChI is InChI=1S/C26H40N2O4/c1-6-11-26(4,5)16-22-14-21(20-9-10-23-24(15-20)31-19-30-23)17-27(22)18-25(29)28(12-7-2)32-13-8-3/h6,9-11,15,21-22H,7-8,12-14,16-19H2,1-5H3/b11-6+/t21-,22-/m1/s1. The summed E-state index contributed by atoms with van der Waals surface area (Å²) in [6.07, 6.45) is 8.21. The highest BCUT2D eigenvalue weighted by atomic mass is 16.7. The average Bonchev–Trinajstić information content (AvgIpc) is 3.37. The fourth-order valence-electron chi connectivity index (χ4n) is 4.84. The quantitative estimate of drug-likeness (QED) is 0.349. The Labute approximate surface area is 193 Å². The normalized spacial score (nSPS) is 20.9. The molecule has 32 heavy (non-hydrogen) atoms. The van der Waals surface area contributed by atoms with Gasteiger partial charge in [0.25, 0.3) is 5.91 Å². The minimum Gasteiger partial charge on any atom is -0.454 e. The van der Waals surface area contributed by atoms with E-state index in [-0.39, 0.29) is 18.1 Å². The van der Waals surface area contributed by atoms with Crippen molar-refractivity contribution in [2.45, 2.75) is 72.3 Å². The highest BCUT2D eigenvalue weighted by Crippen LogP contribution is 2.41. The third-order valence-corrected chi connectivity index (χ3v) is 6.27. The van der Waals surface area contributed by atoms with Crippen LogP contribution >= 0.6 is 0 Å². The highest BCUT2D eigenvalue weighted by molar-refractivity contribution is 5.77. The van der Waals surface area contributed by atoms with E-state index in [0.717, 1.165) is 43.7 Å². The summed E-state index contributed by atoms with van der Waals surface area (Å²) in [4.78, 5) is 21.3. The molecular formula is C26H40N2O4. The number of fused-ring (bicyclic) bond motifs is 1. The lowest BCUT2D eigenvalue weighted by Gasteiger charge is -2.32. The summed E-state index contributed by atoms with van der Waals surface area (Å²) >= 11 is 0. The molecule has 1 aromatic rings. The number of carbonyl (C=O) groups is 1. The van der Waals surface area contributed by atoms with Crippen molar-refractivity contribution in [2.75, 3.05) is 33.0 Å². The molecule has 2 aliphatic rings. The number of hydroxylamine groups is 2. The number of benzene rings is 1. The van der Waals surface area contributed by atoms with E-state index < -0.39 is 0 Å². The second kappa shape index (κ2) is 11.2. The summed E-state index contributed by atoms with van der Waals surface area (Å²) in [6.45, 7) is 13.5. The molecular weight excluding hydrogens is 404 g/mol. The Hall–Kier alpha value is -2.05. The third kappa shape index (κ3) is 6.26. The lowest BCUT2D eigenvalue weighted by molar-refractivity contribution is -0.188. The van der Waals surface area contributed by atoms with E-state index in [1.165, 1.54) is 5.56 Å². The van der Waals surface area contributed by atoms with Gasteiger partial charge in [-0.1, -0.05) is 45.9 Å². The van der Waals surface area contributed by atoms with E-state index in [9.17, 15) is 4.79 Å². The molecule has 6 nitrogen and oxygen atoms in total. The van der Waals surface area contributed by atoms with Gasteiger partial charge < -0.3 is 9.47 Å². The summed E-state index contributed by atoms with van der Waals surface area (Å²) in [5, 5.41) is 1.57. The van der Waals surface area contributed by atoms with Gasteiger partial charge in [-0.25, -0.2) is 5.06 Å². The SMILES string of the molecule is C/C=C/C(C)(C)C[C@H]1C[C@@H](c2ccc3c(c2)OCO3)CN1CC(=O)N(CCC)OCCC. The minimum atomic E-state index is 0.0560. The van der Waals surface area contributed by atoms with Crippen LogP contribution in [-0.2, 0) is 9.63 Å². The van der Waals surface area contributed by atoms with E-state index in [2.05, 4.69) is 63.8 Å². The summed E-state index contributed by atoms with van der Waals surface area (Å²) in [7, 11) is 0.